The highest BCUT2D eigenvalue weighted by Crippen LogP contribution is 2.37. The Morgan fingerprint density at radius 2 is 2.14 bits per heavy atom. The van der Waals surface area contributed by atoms with Gasteiger partial charge in [0.15, 0.2) is 0 Å². The SMILES string of the molecule is O=C(O)CC1Oc2ccccc2C1O. The Balaban J connectivity index is 2.21. The summed E-state index contributed by atoms with van der Waals surface area (Å²) < 4.78 is 5.30. The van der Waals surface area contributed by atoms with Gasteiger partial charge in [-0.3, -0.25) is 4.79 Å². The van der Waals surface area contributed by atoms with E-state index in [1.54, 1.807) is 24.3 Å². The maximum atomic E-state index is 10.5. The van der Waals surface area contributed by atoms with Gasteiger partial charge in [0.25, 0.3) is 0 Å². The summed E-state index contributed by atoms with van der Waals surface area (Å²) in [5.74, 6) is -0.395. The Bertz CT molecular complexity index is 361. The highest BCUT2D eigenvalue weighted by atomic mass is 16.5. The van der Waals surface area contributed by atoms with Gasteiger partial charge in [-0.25, -0.2) is 0 Å². The largest absolute Gasteiger partial charge is 0.486 e. The summed E-state index contributed by atoms with van der Waals surface area (Å²) in [5.41, 5.74) is 0.666. The number of aliphatic hydroxyl groups is 1. The van der Waals surface area contributed by atoms with Gasteiger partial charge in [-0.15, -0.1) is 0 Å². The molecule has 74 valence electrons. The molecule has 1 aliphatic rings. The summed E-state index contributed by atoms with van der Waals surface area (Å²) in [5, 5.41) is 18.3. The van der Waals surface area contributed by atoms with Crippen LogP contribution >= 0.6 is 0 Å². The van der Waals surface area contributed by atoms with Gasteiger partial charge in [-0.1, -0.05) is 18.2 Å². The van der Waals surface area contributed by atoms with Crippen LogP contribution in [0.3, 0.4) is 0 Å². The third kappa shape index (κ3) is 1.44. The van der Waals surface area contributed by atoms with Crippen LogP contribution in [0.1, 0.15) is 18.1 Å². The number of aliphatic carboxylic acids is 1. The van der Waals surface area contributed by atoms with E-state index in [0.717, 1.165) is 0 Å². The van der Waals surface area contributed by atoms with Crippen LogP contribution in [-0.4, -0.2) is 22.3 Å². The summed E-state index contributed by atoms with van der Waals surface area (Å²) in [6.07, 6.45) is -1.68. The molecule has 0 bridgehead atoms. The minimum atomic E-state index is -0.971. The molecular weight excluding hydrogens is 184 g/mol. The highest BCUT2D eigenvalue weighted by molar-refractivity contribution is 5.68. The monoisotopic (exact) mass is 194 g/mol. The summed E-state index contributed by atoms with van der Waals surface area (Å²) in [7, 11) is 0. The van der Waals surface area contributed by atoms with Crippen LogP contribution in [0.25, 0.3) is 0 Å². The lowest BCUT2D eigenvalue weighted by Crippen LogP contribution is -2.22. The summed E-state index contributed by atoms with van der Waals surface area (Å²) in [6, 6.07) is 7.03. The van der Waals surface area contributed by atoms with Gasteiger partial charge < -0.3 is 14.9 Å². The van der Waals surface area contributed by atoms with Crippen molar-refractivity contribution >= 4 is 5.97 Å². The molecule has 1 heterocycles. The third-order valence-electron chi connectivity index (χ3n) is 2.24. The lowest BCUT2D eigenvalue weighted by molar-refractivity contribution is -0.139. The number of para-hydroxylation sites is 1. The van der Waals surface area contributed by atoms with Crippen molar-refractivity contribution in [1.82, 2.24) is 0 Å². The molecule has 1 aromatic rings. The van der Waals surface area contributed by atoms with Gasteiger partial charge in [0.2, 0.25) is 0 Å². The average molecular weight is 194 g/mol. The fourth-order valence-electron chi connectivity index (χ4n) is 1.59. The highest BCUT2D eigenvalue weighted by Gasteiger charge is 2.33. The molecule has 0 fully saturated rings. The molecule has 2 N–H and O–H groups in total. The standard InChI is InChI=1S/C10H10O4/c11-9(12)5-8-10(13)6-3-1-2-4-7(6)14-8/h1-4,8,10,13H,5H2,(H,11,12). The predicted molar refractivity (Wildman–Crippen MR) is 48.1 cm³/mol. The van der Waals surface area contributed by atoms with Crippen molar-refractivity contribution < 1.29 is 19.7 Å². The van der Waals surface area contributed by atoms with Crippen LogP contribution in [0, 0.1) is 0 Å². The predicted octanol–water partition coefficient (Wildman–Crippen LogP) is 0.956. The van der Waals surface area contributed by atoms with E-state index in [4.69, 9.17) is 9.84 Å². The van der Waals surface area contributed by atoms with Crippen LogP contribution in [-0.2, 0) is 4.79 Å². The molecule has 4 heteroatoms. The first-order valence-electron chi connectivity index (χ1n) is 4.34. The Kier molecular flexibility index (Phi) is 2.13. The fraction of sp³-hybridized carbons (Fsp3) is 0.300. The van der Waals surface area contributed by atoms with Crippen molar-refractivity contribution in [2.75, 3.05) is 0 Å². The molecule has 0 saturated heterocycles. The number of rotatable bonds is 2. The minimum Gasteiger partial charge on any atom is -0.486 e. The zero-order chi connectivity index (χ0) is 10.1. The molecule has 2 unspecified atom stereocenters. The van der Waals surface area contributed by atoms with Crippen LogP contribution < -0.4 is 4.74 Å². The number of fused-ring (bicyclic) bond motifs is 1. The Morgan fingerprint density at radius 3 is 2.79 bits per heavy atom. The van der Waals surface area contributed by atoms with E-state index in [1.165, 1.54) is 0 Å². The first-order valence-corrected chi connectivity index (χ1v) is 4.34. The number of carboxylic acids is 1. The molecule has 2 atom stereocenters. The average Bonchev–Trinajstić information content (AvgIpc) is 2.44. The van der Waals surface area contributed by atoms with E-state index < -0.39 is 18.2 Å². The number of carbonyl (C=O) groups is 1. The van der Waals surface area contributed by atoms with Gasteiger partial charge >= 0.3 is 5.97 Å². The second-order valence-corrected chi connectivity index (χ2v) is 3.24. The van der Waals surface area contributed by atoms with Crippen LogP contribution in [0.5, 0.6) is 5.75 Å². The molecule has 0 aromatic heterocycles. The smallest absolute Gasteiger partial charge is 0.307 e. The van der Waals surface area contributed by atoms with Crippen molar-refractivity contribution in [1.29, 1.82) is 0 Å². The number of hydrogen-bond acceptors (Lipinski definition) is 3. The Hall–Kier alpha value is -1.55. The van der Waals surface area contributed by atoms with Crippen molar-refractivity contribution in [3.05, 3.63) is 29.8 Å². The Labute approximate surface area is 80.7 Å². The third-order valence-corrected chi connectivity index (χ3v) is 2.24. The molecule has 2 rings (SSSR count). The summed E-state index contributed by atoms with van der Waals surface area (Å²) >= 11 is 0. The molecule has 0 saturated carbocycles. The van der Waals surface area contributed by atoms with Gasteiger partial charge in [0.05, 0.1) is 6.42 Å². The van der Waals surface area contributed by atoms with Crippen LogP contribution in [0.4, 0.5) is 0 Å². The number of benzene rings is 1. The second-order valence-electron chi connectivity index (χ2n) is 3.24. The van der Waals surface area contributed by atoms with Crippen LogP contribution in [0.2, 0.25) is 0 Å². The molecule has 0 aliphatic carbocycles. The van der Waals surface area contributed by atoms with Crippen molar-refractivity contribution in [2.45, 2.75) is 18.6 Å². The lowest BCUT2D eigenvalue weighted by Gasteiger charge is -2.11. The number of carboxylic acid groups (broad SMARTS) is 1. The van der Waals surface area contributed by atoms with E-state index >= 15 is 0 Å². The van der Waals surface area contributed by atoms with E-state index in [9.17, 15) is 9.90 Å². The van der Waals surface area contributed by atoms with Crippen molar-refractivity contribution in [3.63, 3.8) is 0 Å². The van der Waals surface area contributed by atoms with Gasteiger partial charge in [0.1, 0.15) is 18.0 Å². The number of aliphatic hydroxyl groups excluding tert-OH is 1. The molecule has 14 heavy (non-hydrogen) atoms. The number of hydrogen-bond donors (Lipinski definition) is 2. The molecule has 4 nitrogen and oxygen atoms in total. The van der Waals surface area contributed by atoms with E-state index in [1.807, 2.05) is 0 Å². The minimum absolute atomic E-state index is 0.185. The zero-order valence-electron chi connectivity index (χ0n) is 7.38. The number of ether oxygens (including phenoxy) is 1. The lowest BCUT2D eigenvalue weighted by atomic mass is 10.1. The summed E-state index contributed by atoms with van der Waals surface area (Å²) in [4.78, 5) is 10.5. The maximum absolute atomic E-state index is 10.5. The second kappa shape index (κ2) is 3.31. The first-order chi connectivity index (χ1) is 6.68. The first kappa shape index (κ1) is 9.02. The maximum Gasteiger partial charge on any atom is 0.307 e. The molecular formula is C10H10O4. The van der Waals surface area contributed by atoms with Gasteiger partial charge in [-0.05, 0) is 6.07 Å². The quantitative estimate of drug-likeness (QED) is 0.735. The molecule has 0 amide bonds. The van der Waals surface area contributed by atoms with E-state index in [2.05, 4.69) is 0 Å². The van der Waals surface area contributed by atoms with Crippen molar-refractivity contribution in [3.8, 4) is 5.75 Å². The molecule has 1 aromatic carbocycles. The van der Waals surface area contributed by atoms with Crippen molar-refractivity contribution in [2.24, 2.45) is 0 Å². The molecule has 0 radical (unpaired) electrons. The molecule has 0 spiro atoms. The van der Waals surface area contributed by atoms with Gasteiger partial charge in [0, 0.05) is 5.56 Å². The molecule has 1 aliphatic heterocycles. The van der Waals surface area contributed by atoms with Gasteiger partial charge in [-0.2, -0.15) is 0 Å². The zero-order valence-corrected chi connectivity index (χ0v) is 7.38. The topological polar surface area (TPSA) is 66.8 Å². The Morgan fingerprint density at radius 1 is 1.43 bits per heavy atom. The van der Waals surface area contributed by atoms with E-state index in [0.29, 0.717) is 11.3 Å². The van der Waals surface area contributed by atoms with E-state index in [-0.39, 0.29) is 6.42 Å². The fourth-order valence-corrected chi connectivity index (χ4v) is 1.59. The van der Waals surface area contributed by atoms with Crippen LogP contribution in [0.15, 0.2) is 24.3 Å². The summed E-state index contributed by atoms with van der Waals surface area (Å²) in [6.45, 7) is 0. The normalized spacial score (nSPS) is 24.1.